The van der Waals surface area contributed by atoms with E-state index in [1.807, 2.05) is 30.3 Å². The second-order valence-electron chi connectivity index (χ2n) is 5.31. The van der Waals surface area contributed by atoms with Gasteiger partial charge in [0.2, 0.25) is 0 Å². The highest BCUT2D eigenvalue weighted by Gasteiger charge is 2.33. The summed E-state index contributed by atoms with van der Waals surface area (Å²) in [6, 6.07) is 19.6. The zero-order valence-corrected chi connectivity index (χ0v) is 12.1. The average molecular weight is 290 g/mol. The van der Waals surface area contributed by atoms with Crippen LogP contribution in [0.4, 0.5) is 0 Å². The van der Waals surface area contributed by atoms with Crippen LogP contribution in [-0.2, 0) is 4.74 Å². The van der Waals surface area contributed by atoms with Gasteiger partial charge in [-0.25, -0.2) is 4.79 Å². The van der Waals surface area contributed by atoms with Gasteiger partial charge in [0.1, 0.15) is 5.75 Å². The zero-order valence-electron chi connectivity index (χ0n) is 12.1. The number of carbonyl (C=O) groups is 1. The number of ether oxygens (including phenoxy) is 2. The summed E-state index contributed by atoms with van der Waals surface area (Å²) in [4.78, 5) is 12.1. The van der Waals surface area contributed by atoms with Gasteiger partial charge in [-0.05, 0) is 29.0 Å². The van der Waals surface area contributed by atoms with E-state index in [4.69, 9.17) is 9.47 Å². The molecule has 1 atom stereocenters. The third-order valence-corrected chi connectivity index (χ3v) is 4.09. The number of methoxy groups -OCH3 is 1. The summed E-state index contributed by atoms with van der Waals surface area (Å²) < 4.78 is 10.9. The molecule has 3 nitrogen and oxygen atoms in total. The van der Waals surface area contributed by atoms with E-state index < -0.39 is 0 Å². The Hall–Kier alpha value is -2.81. The number of benzene rings is 3. The van der Waals surface area contributed by atoms with Gasteiger partial charge in [-0.15, -0.1) is 0 Å². The average Bonchev–Trinajstić information content (AvgIpc) is 2.90. The number of hydrogen-bond donors (Lipinski definition) is 0. The van der Waals surface area contributed by atoms with E-state index in [0.29, 0.717) is 5.56 Å². The molecule has 0 N–H and O–H groups in total. The summed E-state index contributed by atoms with van der Waals surface area (Å²) in [5.74, 6) is 0.442. The van der Waals surface area contributed by atoms with Crippen LogP contribution in [0.5, 0.6) is 5.75 Å². The molecule has 0 aliphatic carbocycles. The molecule has 0 saturated heterocycles. The maximum Gasteiger partial charge on any atom is 0.339 e. The number of fused-ring (bicyclic) bond motifs is 2. The van der Waals surface area contributed by atoms with Crippen molar-refractivity contribution in [3.05, 3.63) is 77.4 Å². The fraction of sp³-hybridized carbons (Fsp3) is 0.105. The molecule has 0 aromatic heterocycles. The van der Waals surface area contributed by atoms with Gasteiger partial charge in [0.25, 0.3) is 0 Å². The number of carbonyl (C=O) groups excluding carboxylic acids is 1. The Morgan fingerprint density at radius 2 is 1.77 bits per heavy atom. The van der Waals surface area contributed by atoms with Crippen LogP contribution in [-0.4, -0.2) is 13.1 Å². The standard InChI is InChI=1S/C19H14O3/c1-21-13-9-10-16-17(11-13)18(22-19(16)20)15-8-4-6-12-5-2-3-7-14(12)15/h2-11,18H,1H3/t18-/m0/s1. The van der Waals surface area contributed by atoms with Crippen LogP contribution in [0.2, 0.25) is 0 Å². The van der Waals surface area contributed by atoms with Gasteiger partial charge in [-0.1, -0.05) is 42.5 Å². The molecule has 1 aliphatic rings. The number of rotatable bonds is 2. The molecule has 3 aromatic carbocycles. The molecular formula is C19H14O3. The third-order valence-electron chi connectivity index (χ3n) is 4.09. The second kappa shape index (κ2) is 4.88. The van der Waals surface area contributed by atoms with Crippen LogP contribution in [0.25, 0.3) is 10.8 Å². The first kappa shape index (κ1) is 12.9. The lowest BCUT2D eigenvalue weighted by molar-refractivity contribution is 0.0458. The Morgan fingerprint density at radius 3 is 2.64 bits per heavy atom. The minimum absolute atomic E-state index is 0.282. The van der Waals surface area contributed by atoms with Crippen LogP contribution >= 0.6 is 0 Å². The molecule has 1 aliphatic heterocycles. The first-order valence-electron chi connectivity index (χ1n) is 7.14. The van der Waals surface area contributed by atoms with Crippen LogP contribution in [0.15, 0.2) is 60.7 Å². The summed E-state index contributed by atoms with van der Waals surface area (Å²) in [6.07, 6.45) is -0.385. The monoisotopic (exact) mass is 290 g/mol. The smallest absolute Gasteiger partial charge is 0.339 e. The minimum atomic E-state index is -0.385. The molecule has 1 heterocycles. The topological polar surface area (TPSA) is 35.5 Å². The van der Waals surface area contributed by atoms with Crippen LogP contribution < -0.4 is 4.74 Å². The third kappa shape index (κ3) is 1.86. The molecule has 22 heavy (non-hydrogen) atoms. The van der Waals surface area contributed by atoms with Crippen molar-refractivity contribution in [2.45, 2.75) is 6.10 Å². The Kier molecular flexibility index (Phi) is 2.86. The predicted molar refractivity (Wildman–Crippen MR) is 84.2 cm³/mol. The van der Waals surface area contributed by atoms with E-state index in [-0.39, 0.29) is 12.1 Å². The summed E-state index contributed by atoms with van der Waals surface area (Å²) in [5.41, 5.74) is 2.47. The van der Waals surface area contributed by atoms with E-state index in [0.717, 1.165) is 27.6 Å². The lowest BCUT2D eigenvalue weighted by atomic mass is 9.94. The van der Waals surface area contributed by atoms with Crippen molar-refractivity contribution in [3.8, 4) is 5.75 Å². The summed E-state index contributed by atoms with van der Waals surface area (Å²) in [7, 11) is 1.62. The van der Waals surface area contributed by atoms with Gasteiger partial charge in [0.05, 0.1) is 12.7 Å². The fourth-order valence-corrected chi connectivity index (χ4v) is 3.01. The second-order valence-corrected chi connectivity index (χ2v) is 5.31. The molecule has 0 unspecified atom stereocenters. The number of cyclic esters (lactones) is 1. The Labute approximate surface area is 128 Å². The number of esters is 1. The molecule has 3 heteroatoms. The van der Waals surface area contributed by atoms with Crippen LogP contribution in [0, 0.1) is 0 Å². The molecule has 0 bridgehead atoms. The molecule has 0 fully saturated rings. The fourth-order valence-electron chi connectivity index (χ4n) is 3.01. The Morgan fingerprint density at radius 1 is 0.955 bits per heavy atom. The molecule has 0 amide bonds. The highest BCUT2D eigenvalue weighted by molar-refractivity contribution is 5.96. The van der Waals surface area contributed by atoms with Gasteiger partial charge in [0.15, 0.2) is 6.10 Å². The first-order chi connectivity index (χ1) is 10.8. The lowest BCUT2D eigenvalue weighted by Crippen LogP contribution is -2.01. The Bertz CT molecular complexity index is 877. The maximum absolute atomic E-state index is 12.1. The lowest BCUT2D eigenvalue weighted by Gasteiger charge is -2.14. The van der Waals surface area contributed by atoms with Crippen molar-refractivity contribution < 1.29 is 14.3 Å². The summed E-state index contributed by atoms with van der Waals surface area (Å²) in [6.45, 7) is 0. The zero-order chi connectivity index (χ0) is 15.1. The van der Waals surface area contributed by atoms with Gasteiger partial charge in [-0.3, -0.25) is 0 Å². The van der Waals surface area contributed by atoms with Gasteiger partial charge in [-0.2, -0.15) is 0 Å². The van der Waals surface area contributed by atoms with E-state index in [2.05, 4.69) is 18.2 Å². The van der Waals surface area contributed by atoms with Crippen molar-refractivity contribution in [3.63, 3.8) is 0 Å². The van der Waals surface area contributed by atoms with Crippen molar-refractivity contribution in [2.24, 2.45) is 0 Å². The van der Waals surface area contributed by atoms with Crippen molar-refractivity contribution in [2.75, 3.05) is 7.11 Å². The van der Waals surface area contributed by atoms with Crippen molar-refractivity contribution in [1.82, 2.24) is 0 Å². The van der Waals surface area contributed by atoms with Gasteiger partial charge < -0.3 is 9.47 Å². The molecule has 0 saturated carbocycles. The molecule has 3 aromatic rings. The quantitative estimate of drug-likeness (QED) is 0.666. The highest BCUT2D eigenvalue weighted by atomic mass is 16.5. The molecule has 108 valence electrons. The van der Waals surface area contributed by atoms with Crippen molar-refractivity contribution in [1.29, 1.82) is 0 Å². The van der Waals surface area contributed by atoms with E-state index in [9.17, 15) is 4.79 Å². The van der Waals surface area contributed by atoms with E-state index in [1.54, 1.807) is 19.2 Å². The number of hydrogen-bond acceptors (Lipinski definition) is 3. The highest BCUT2D eigenvalue weighted by Crippen LogP contribution is 2.40. The normalized spacial score (nSPS) is 16.4. The van der Waals surface area contributed by atoms with Crippen LogP contribution in [0.3, 0.4) is 0 Å². The summed E-state index contributed by atoms with van der Waals surface area (Å²) in [5, 5.41) is 2.23. The first-order valence-corrected chi connectivity index (χ1v) is 7.14. The largest absolute Gasteiger partial charge is 0.497 e. The van der Waals surface area contributed by atoms with E-state index >= 15 is 0 Å². The molecule has 4 rings (SSSR count). The van der Waals surface area contributed by atoms with Gasteiger partial charge in [0, 0.05) is 11.1 Å². The molecule has 0 spiro atoms. The van der Waals surface area contributed by atoms with E-state index in [1.165, 1.54) is 0 Å². The predicted octanol–water partition coefficient (Wildman–Crippen LogP) is 4.11. The molecular weight excluding hydrogens is 276 g/mol. The van der Waals surface area contributed by atoms with Crippen LogP contribution in [0.1, 0.15) is 27.6 Å². The Balaban J connectivity index is 1.93. The van der Waals surface area contributed by atoms with Gasteiger partial charge >= 0.3 is 5.97 Å². The van der Waals surface area contributed by atoms with Crippen molar-refractivity contribution >= 4 is 16.7 Å². The maximum atomic E-state index is 12.1. The minimum Gasteiger partial charge on any atom is -0.497 e. The summed E-state index contributed by atoms with van der Waals surface area (Å²) >= 11 is 0. The molecule has 0 radical (unpaired) electrons. The SMILES string of the molecule is COc1ccc2c(c1)[C@H](c1cccc3ccccc13)OC2=O.